The molecule has 0 spiro atoms. The summed E-state index contributed by atoms with van der Waals surface area (Å²) in [4.78, 5) is 0. The van der Waals surface area contributed by atoms with Crippen molar-refractivity contribution in [2.75, 3.05) is 0 Å². The van der Waals surface area contributed by atoms with E-state index < -0.39 is 18.9 Å². The minimum Gasteiger partial charge on any atom is -0.147 e. The summed E-state index contributed by atoms with van der Waals surface area (Å²) in [5, 5.41) is 0. The van der Waals surface area contributed by atoms with E-state index >= 15 is 0 Å². The molecule has 2 atom stereocenters. The Morgan fingerprint density at radius 1 is 0.645 bits per heavy atom. The first-order chi connectivity index (χ1) is 14.1. The van der Waals surface area contributed by atoms with Gasteiger partial charge in [0.25, 0.3) is 0 Å². The van der Waals surface area contributed by atoms with Crippen LogP contribution in [0, 0.1) is 0 Å². The number of fused-ring (bicyclic) bond motifs is 2. The van der Waals surface area contributed by atoms with Crippen LogP contribution in [0.3, 0.4) is 0 Å². The molecule has 0 radical (unpaired) electrons. The average Bonchev–Trinajstić information content (AvgIpc) is 3.24. The van der Waals surface area contributed by atoms with Gasteiger partial charge in [0.05, 0.1) is 0 Å². The minimum absolute atomic E-state index is 0. The van der Waals surface area contributed by atoms with Gasteiger partial charge < -0.3 is 0 Å². The van der Waals surface area contributed by atoms with Crippen molar-refractivity contribution >= 4 is 43.8 Å². The molecule has 0 fully saturated rings. The van der Waals surface area contributed by atoms with Gasteiger partial charge in [0.1, 0.15) is 0 Å². The fourth-order valence-electron chi connectivity index (χ4n) is 5.83. The van der Waals surface area contributed by atoms with Crippen LogP contribution in [-0.2, 0) is 23.0 Å². The van der Waals surface area contributed by atoms with E-state index in [0.29, 0.717) is 7.25 Å². The molecule has 2 aliphatic carbocycles. The Morgan fingerprint density at radius 3 is 1.55 bits per heavy atom. The van der Waals surface area contributed by atoms with Crippen LogP contribution < -0.4 is 0 Å². The van der Waals surface area contributed by atoms with Crippen LogP contribution in [-0.4, -0.2) is 6.88 Å². The van der Waals surface area contributed by atoms with Crippen molar-refractivity contribution in [3.63, 3.8) is 0 Å². The predicted molar refractivity (Wildman–Crippen MR) is 139 cm³/mol. The Labute approximate surface area is 204 Å². The van der Waals surface area contributed by atoms with Gasteiger partial charge in [0, 0.05) is 0 Å². The molecule has 2 unspecified atom stereocenters. The van der Waals surface area contributed by atoms with Crippen LogP contribution in [0.25, 0.3) is 12.2 Å². The third-order valence-corrected chi connectivity index (χ3v) is 25.2. The van der Waals surface area contributed by atoms with Crippen molar-refractivity contribution < 1.29 is 18.9 Å². The molecule has 2 aliphatic rings. The second kappa shape index (κ2) is 9.75. The summed E-state index contributed by atoms with van der Waals surface area (Å²) >= 11 is -2.86. The molecule has 3 aromatic rings. The maximum absolute atomic E-state index is 2.86. The van der Waals surface area contributed by atoms with Gasteiger partial charge in [-0.25, -0.2) is 0 Å². The summed E-state index contributed by atoms with van der Waals surface area (Å²) in [6.45, 7) is 7.22. The van der Waals surface area contributed by atoms with Crippen LogP contribution in [0.5, 0.6) is 0 Å². The first-order valence-corrected chi connectivity index (χ1v) is 21.0. The van der Waals surface area contributed by atoms with Crippen molar-refractivity contribution in [1.82, 2.24) is 0 Å². The zero-order valence-corrected chi connectivity index (χ0v) is 23.6. The van der Waals surface area contributed by atoms with Gasteiger partial charge >= 0.3 is 181 Å². The first kappa shape index (κ1) is 24.5. The van der Waals surface area contributed by atoms with Gasteiger partial charge in [-0.2, -0.15) is 0 Å². The second-order valence-corrected chi connectivity index (χ2v) is 26.4. The molecule has 0 nitrogen and oxygen atoms in total. The van der Waals surface area contributed by atoms with Crippen molar-refractivity contribution in [1.29, 1.82) is 0 Å². The number of hydrogen-bond donors (Lipinski definition) is 0. The second-order valence-electron chi connectivity index (χ2n) is 8.80. The molecule has 4 heteroatoms. The molecule has 0 amide bonds. The largest absolute Gasteiger partial charge is 0.147 e. The molecule has 159 valence electrons. The van der Waals surface area contributed by atoms with Gasteiger partial charge in [-0.1, -0.05) is 0 Å². The van der Waals surface area contributed by atoms with E-state index in [2.05, 4.69) is 112 Å². The summed E-state index contributed by atoms with van der Waals surface area (Å²) in [6, 6.07) is 29.5. The summed E-state index contributed by atoms with van der Waals surface area (Å²) in [7, 11) is 0. The van der Waals surface area contributed by atoms with E-state index in [1.54, 1.807) is 22.3 Å². The van der Waals surface area contributed by atoms with E-state index in [4.69, 9.17) is 0 Å². The molecule has 3 aromatic carbocycles. The quantitative estimate of drug-likeness (QED) is 0.310. The monoisotopic (exact) mass is 541 g/mol. The van der Waals surface area contributed by atoms with Crippen LogP contribution in [0.4, 0.5) is 0 Å². The van der Waals surface area contributed by atoms with Crippen molar-refractivity contribution in [2.45, 2.75) is 25.2 Å². The molecule has 31 heavy (non-hydrogen) atoms. The summed E-state index contributed by atoms with van der Waals surface area (Å²) < 4.78 is 2.56. The van der Waals surface area contributed by atoms with Crippen LogP contribution >= 0.6 is 24.8 Å². The standard InChI is InChI=1S/2C10H9.C7H7.2ClH.H2Si.Zr/c2*1-8-6-9-4-2-3-5-10(9)7-8;1-7-5-3-2-4-6-7;;;;/h2*2-7H,1H3;2-6H,1H2;2*1H;1H2;. The maximum Gasteiger partial charge on any atom is -0.147 e. The molecule has 0 aromatic heterocycles. The van der Waals surface area contributed by atoms with E-state index in [1.807, 2.05) is 0 Å². The Kier molecular flexibility index (Phi) is 7.70. The minimum atomic E-state index is -2.86. The number of benzene rings is 3. The molecule has 0 heterocycles. The molecule has 5 rings (SSSR count). The predicted octanol–water partition coefficient (Wildman–Crippen LogP) is 7.05. The number of hydrogen-bond acceptors (Lipinski definition) is 0. The Bertz CT molecular complexity index is 1130. The Morgan fingerprint density at radius 2 is 1.06 bits per heavy atom. The van der Waals surface area contributed by atoms with Gasteiger partial charge in [0.15, 0.2) is 0 Å². The molecule has 0 saturated carbocycles. The van der Waals surface area contributed by atoms with Crippen molar-refractivity contribution in [2.24, 2.45) is 0 Å². The molecular formula is C27H29Cl2SiZr. The number of rotatable bonds is 4. The van der Waals surface area contributed by atoms with Crippen LogP contribution in [0.1, 0.15) is 48.9 Å². The van der Waals surface area contributed by atoms with Gasteiger partial charge in [-0.05, 0) is 0 Å². The maximum atomic E-state index is 2.46. The summed E-state index contributed by atoms with van der Waals surface area (Å²) in [5.74, 6) is 0. The van der Waals surface area contributed by atoms with E-state index in [-0.39, 0.29) is 24.8 Å². The number of allylic oxidation sites excluding steroid dienone is 2. The van der Waals surface area contributed by atoms with E-state index in [9.17, 15) is 0 Å². The molecule has 0 N–H and O–H groups in total. The Hall–Kier alpha value is -1.18. The van der Waals surface area contributed by atoms with Gasteiger partial charge in [0.2, 0.25) is 0 Å². The van der Waals surface area contributed by atoms with Gasteiger partial charge in [-0.15, -0.1) is 24.8 Å². The number of halogens is 2. The fraction of sp³-hybridized carbons (Fsp3) is 0.185. The van der Waals surface area contributed by atoms with Crippen LogP contribution in [0.15, 0.2) is 90.0 Å². The van der Waals surface area contributed by atoms with Crippen LogP contribution in [0.2, 0.25) is 0 Å². The van der Waals surface area contributed by atoms with Gasteiger partial charge in [-0.3, -0.25) is 0 Å². The first-order valence-electron chi connectivity index (χ1n) is 10.5. The normalized spacial score (nSPS) is 20.3. The smallest absolute Gasteiger partial charge is 0.147 e. The van der Waals surface area contributed by atoms with Crippen molar-refractivity contribution in [3.05, 3.63) is 118 Å². The topological polar surface area (TPSA) is 0 Å². The zero-order valence-electron chi connectivity index (χ0n) is 18.0. The molecule has 0 saturated heterocycles. The Balaban J connectivity index is 0.00000136. The zero-order chi connectivity index (χ0) is 20.0. The molecular weight excluding hydrogens is 515 g/mol. The summed E-state index contributed by atoms with van der Waals surface area (Å²) in [6.07, 6.45) is 4.93. The molecule has 0 aliphatic heterocycles. The third kappa shape index (κ3) is 4.25. The van der Waals surface area contributed by atoms with Crippen molar-refractivity contribution in [3.8, 4) is 0 Å². The SMILES string of the molecule is CC1=Cc2ccccc2[CH]1[Zr](=[SiH2])([CH2]c1ccccc1)[CH]1C(C)=Cc2ccccc21.Cl.Cl. The third-order valence-electron chi connectivity index (χ3n) is 6.82. The fourth-order valence-corrected chi connectivity index (χ4v) is 27.4. The summed E-state index contributed by atoms with van der Waals surface area (Å²) in [5.41, 5.74) is 10.8. The van der Waals surface area contributed by atoms with E-state index in [1.165, 1.54) is 20.8 Å². The molecule has 0 bridgehead atoms. The van der Waals surface area contributed by atoms with E-state index in [0.717, 1.165) is 0 Å². The average molecular weight is 544 g/mol.